The number of nitrogens with zero attached hydrogens (tertiary/aromatic N) is 4. The Morgan fingerprint density at radius 1 is 0.906 bits per heavy atom. The number of nitrogen functional groups attached to an aromatic ring is 1. The largest absolute Gasteiger partial charge is 0.383 e. The van der Waals surface area contributed by atoms with Crippen molar-refractivity contribution in [2.75, 3.05) is 18.8 Å². The quantitative estimate of drug-likeness (QED) is 0.373. The third kappa shape index (κ3) is 5.27. The molecule has 0 radical (unpaired) electrons. The molecule has 0 saturated carbocycles. The van der Waals surface area contributed by atoms with Crippen LogP contribution in [0.15, 0.2) is 55.1 Å². The number of anilines is 1. The van der Waals surface area contributed by atoms with E-state index < -0.39 is 0 Å². The van der Waals surface area contributed by atoms with Gasteiger partial charge in [-0.25, -0.2) is 4.98 Å². The van der Waals surface area contributed by atoms with Crippen molar-refractivity contribution in [1.82, 2.24) is 25.1 Å². The number of halogens is 4. The number of pyridine rings is 2. The second-order valence-corrected chi connectivity index (χ2v) is 7.84. The van der Waals surface area contributed by atoms with E-state index in [9.17, 15) is 0 Å². The molecule has 4 heterocycles. The van der Waals surface area contributed by atoms with Gasteiger partial charge in [-0.1, -0.05) is 17.7 Å². The molecular weight excluding hydrogens is 490 g/mol. The van der Waals surface area contributed by atoms with Crippen molar-refractivity contribution in [2.24, 2.45) is 0 Å². The first kappa shape index (κ1) is 26.2. The smallest absolute Gasteiger partial charge is 0.132 e. The Labute approximate surface area is 210 Å². The number of hydrogen-bond acceptors (Lipinski definition) is 5. The molecule has 0 unspecified atom stereocenters. The molecule has 3 N–H and O–H groups in total. The van der Waals surface area contributed by atoms with Crippen molar-refractivity contribution in [1.29, 1.82) is 0 Å². The van der Waals surface area contributed by atoms with Gasteiger partial charge in [0.1, 0.15) is 5.82 Å². The fourth-order valence-electron chi connectivity index (χ4n) is 3.86. The van der Waals surface area contributed by atoms with Gasteiger partial charge in [-0.05, 0) is 55.6 Å². The van der Waals surface area contributed by atoms with Gasteiger partial charge in [0.2, 0.25) is 0 Å². The van der Waals surface area contributed by atoms with Gasteiger partial charge < -0.3 is 11.1 Å². The van der Waals surface area contributed by atoms with Crippen LogP contribution in [-0.2, 0) is 0 Å². The number of piperidine rings is 1. The monoisotopic (exact) mass is 512 g/mol. The van der Waals surface area contributed by atoms with Crippen LogP contribution in [0.1, 0.15) is 18.9 Å². The SMILES string of the molecule is Cl.Cl.Cl.Nc1ncc(-c2cnn(C3CCNCC3)c2)cc1-c1cc2ccc(Cl)cc2cn1. The van der Waals surface area contributed by atoms with Gasteiger partial charge in [0, 0.05) is 45.7 Å². The summed E-state index contributed by atoms with van der Waals surface area (Å²) >= 11 is 6.08. The molecule has 4 aromatic rings. The molecule has 5 rings (SSSR count). The molecular formula is C22H24Cl4N6. The molecule has 1 fully saturated rings. The summed E-state index contributed by atoms with van der Waals surface area (Å²) in [4.78, 5) is 9.00. The summed E-state index contributed by atoms with van der Waals surface area (Å²) in [6, 6.07) is 10.3. The van der Waals surface area contributed by atoms with Crippen molar-refractivity contribution in [3.05, 3.63) is 60.1 Å². The fourth-order valence-corrected chi connectivity index (χ4v) is 4.04. The van der Waals surface area contributed by atoms with E-state index in [2.05, 4.69) is 31.3 Å². The topological polar surface area (TPSA) is 81.6 Å². The summed E-state index contributed by atoms with van der Waals surface area (Å²) in [6.07, 6.45) is 9.80. The molecule has 0 aliphatic carbocycles. The van der Waals surface area contributed by atoms with Gasteiger partial charge in [-0.15, -0.1) is 37.2 Å². The number of nitrogens with one attached hydrogen (secondary N) is 1. The van der Waals surface area contributed by atoms with Crippen LogP contribution < -0.4 is 11.1 Å². The number of hydrogen-bond donors (Lipinski definition) is 2. The van der Waals surface area contributed by atoms with E-state index in [1.807, 2.05) is 42.7 Å². The number of nitrogens with two attached hydrogens (primary N) is 1. The van der Waals surface area contributed by atoms with E-state index in [-0.39, 0.29) is 37.2 Å². The first-order chi connectivity index (χ1) is 14.2. The van der Waals surface area contributed by atoms with E-state index in [4.69, 9.17) is 17.3 Å². The molecule has 3 aromatic heterocycles. The lowest BCUT2D eigenvalue weighted by atomic mass is 10.0. The number of rotatable bonds is 3. The summed E-state index contributed by atoms with van der Waals surface area (Å²) in [7, 11) is 0. The molecule has 1 aromatic carbocycles. The van der Waals surface area contributed by atoms with Gasteiger partial charge in [-0.2, -0.15) is 5.10 Å². The average Bonchev–Trinajstić information content (AvgIpc) is 3.25. The van der Waals surface area contributed by atoms with Crippen molar-refractivity contribution < 1.29 is 0 Å². The van der Waals surface area contributed by atoms with Crippen LogP contribution in [-0.4, -0.2) is 32.8 Å². The molecule has 1 aliphatic heterocycles. The third-order valence-electron chi connectivity index (χ3n) is 5.50. The number of benzene rings is 1. The molecule has 1 saturated heterocycles. The van der Waals surface area contributed by atoms with Crippen molar-refractivity contribution in [2.45, 2.75) is 18.9 Å². The Kier molecular flexibility index (Phi) is 9.13. The highest BCUT2D eigenvalue weighted by Crippen LogP contribution is 2.31. The lowest BCUT2D eigenvalue weighted by Gasteiger charge is -2.22. The zero-order valence-electron chi connectivity index (χ0n) is 17.1. The summed E-state index contributed by atoms with van der Waals surface area (Å²) in [5.41, 5.74) is 9.80. The predicted molar refractivity (Wildman–Crippen MR) is 139 cm³/mol. The first-order valence-electron chi connectivity index (χ1n) is 9.74. The molecule has 10 heteroatoms. The third-order valence-corrected chi connectivity index (χ3v) is 5.73. The van der Waals surface area contributed by atoms with Crippen molar-refractivity contribution in [3.63, 3.8) is 0 Å². The maximum atomic E-state index is 6.19. The molecule has 6 nitrogen and oxygen atoms in total. The molecule has 0 spiro atoms. The second kappa shape index (κ2) is 11.2. The van der Waals surface area contributed by atoms with Gasteiger partial charge in [-0.3, -0.25) is 9.67 Å². The fraction of sp³-hybridized carbons (Fsp3) is 0.227. The van der Waals surface area contributed by atoms with Crippen LogP contribution in [0.5, 0.6) is 0 Å². The highest BCUT2D eigenvalue weighted by molar-refractivity contribution is 6.31. The predicted octanol–water partition coefficient (Wildman–Crippen LogP) is 5.59. The van der Waals surface area contributed by atoms with Crippen LogP contribution in [0.25, 0.3) is 33.2 Å². The van der Waals surface area contributed by atoms with Gasteiger partial charge in [0.15, 0.2) is 0 Å². The maximum Gasteiger partial charge on any atom is 0.132 e. The van der Waals surface area contributed by atoms with Crippen LogP contribution in [0.3, 0.4) is 0 Å². The average molecular weight is 514 g/mol. The number of aromatic nitrogens is 4. The lowest BCUT2D eigenvalue weighted by Crippen LogP contribution is -2.29. The molecule has 32 heavy (non-hydrogen) atoms. The maximum absolute atomic E-state index is 6.19. The Balaban J connectivity index is 0.00000121. The second-order valence-electron chi connectivity index (χ2n) is 7.41. The molecule has 0 atom stereocenters. The van der Waals surface area contributed by atoms with E-state index >= 15 is 0 Å². The summed E-state index contributed by atoms with van der Waals surface area (Å²) in [6.45, 7) is 2.07. The Hall–Kier alpha value is -2.09. The van der Waals surface area contributed by atoms with Crippen LogP contribution in [0.4, 0.5) is 5.82 Å². The van der Waals surface area contributed by atoms with Crippen LogP contribution >= 0.6 is 48.8 Å². The highest BCUT2D eigenvalue weighted by atomic mass is 35.5. The lowest BCUT2D eigenvalue weighted by molar-refractivity contribution is 0.343. The van der Waals surface area contributed by atoms with Crippen LogP contribution in [0.2, 0.25) is 5.02 Å². The zero-order valence-corrected chi connectivity index (χ0v) is 20.3. The summed E-state index contributed by atoms with van der Waals surface area (Å²) < 4.78 is 2.07. The van der Waals surface area contributed by atoms with Gasteiger partial charge in [0.05, 0.1) is 17.9 Å². The van der Waals surface area contributed by atoms with Crippen molar-refractivity contribution in [3.8, 4) is 22.4 Å². The summed E-state index contributed by atoms with van der Waals surface area (Å²) in [5, 5.41) is 10.7. The van der Waals surface area contributed by atoms with E-state index in [1.165, 1.54) is 0 Å². The summed E-state index contributed by atoms with van der Waals surface area (Å²) in [5.74, 6) is 0.459. The molecule has 170 valence electrons. The Bertz CT molecular complexity index is 1190. The van der Waals surface area contributed by atoms with Crippen molar-refractivity contribution >= 4 is 65.4 Å². The normalized spacial score (nSPS) is 13.7. The standard InChI is InChI=1S/C22H21ClN6.3ClH/c23-18-2-1-14-9-21(26-10-15(14)7-18)20-8-16(11-27-22(20)24)17-12-28-29(13-17)19-3-5-25-6-4-19;;;/h1-2,7-13,19,25H,3-6H2,(H2,24,27);3*1H. The van der Waals surface area contributed by atoms with E-state index in [1.54, 1.807) is 6.20 Å². The van der Waals surface area contributed by atoms with E-state index in [0.29, 0.717) is 16.9 Å². The molecule has 1 aliphatic rings. The number of fused-ring (bicyclic) bond motifs is 1. The zero-order chi connectivity index (χ0) is 19.8. The van der Waals surface area contributed by atoms with Gasteiger partial charge in [0.25, 0.3) is 0 Å². The van der Waals surface area contributed by atoms with Crippen LogP contribution in [0, 0.1) is 0 Å². The minimum absolute atomic E-state index is 0. The first-order valence-corrected chi connectivity index (χ1v) is 10.1. The van der Waals surface area contributed by atoms with E-state index in [0.717, 1.165) is 59.1 Å². The highest BCUT2D eigenvalue weighted by Gasteiger charge is 2.17. The molecule has 0 bridgehead atoms. The minimum Gasteiger partial charge on any atom is -0.383 e. The Morgan fingerprint density at radius 2 is 1.69 bits per heavy atom. The minimum atomic E-state index is 0. The van der Waals surface area contributed by atoms with Gasteiger partial charge >= 0.3 is 0 Å². The Morgan fingerprint density at radius 3 is 2.47 bits per heavy atom. The molecule has 0 amide bonds.